The predicted octanol–water partition coefficient (Wildman–Crippen LogP) is 3.67. The molecule has 1 heterocycles. The largest absolute Gasteiger partial charge is 0.449 e. The number of hydrogen-bond donors (Lipinski definition) is 2. The first-order valence-corrected chi connectivity index (χ1v) is 12.7. The van der Waals surface area contributed by atoms with E-state index in [1.807, 2.05) is 36.4 Å². The second kappa shape index (κ2) is 11.6. The lowest BCUT2D eigenvalue weighted by molar-refractivity contribution is -0.137. The van der Waals surface area contributed by atoms with E-state index in [4.69, 9.17) is 14.2 Å². The van der Waals surface area contributed by atoms with Crippen molar-refractivity contribution >= 4 is 18.1 Å². The highest BCUT2D eigenvalue weighted by atomic mass is 16.6. The molecule has 9 heteroatoms. The lowest BCUT2D eigenvalue weighted by Crippen LogP contribution is -2.52. The maximum atomic E-state index is 13.2. The van der Waals surface area contributed by atoms with Gasteiger partial charge in [-0.15, -0.1) is 0 Å². The Morgan fingerprint density at radius 1 is 0.973 bits per heavy atom. The first-order chi connectivity index (χ1) is 17.7. The number of fused-ring (bicyclic) bond motifs is 3. The molecule has 1 saturated heterocycles. The van der Waals surface area contributed by atoms with Gasteiger partial charge in [0, 0.05) is 25.6 Å². The molecule has 0 aromatic heterocycles. The molecule has 198 valence electrons. The van der Waals surface area contributed by atoms with E-state index in [1.165, 1.54) is 0 Å². The summed E-state index contributed by atoms with van der Waals surface area (Å²) >= 11 is 0. The SMILES string of the molecule is CC(C)(C)OC(=O)NCCC(NC(=O)OCC1c2ccccc2-c2ccccc21)C(=O)N1CCOCC1. The van der Waals surface area contributed by atoms with E-state index in [9.17, 15) is 14.4 Å². The number of nitrogens with one attached hydrogen (secondary N) is 2. The number of morpholine rings is 1. The van der Waals surface area contributed by atoms with Crippen LogP contribution >= 0.6 is 0 Å². The van der Waals surface area contributed by atoms with Crippen LogP contribution in [-0.2, 0) is 19.0 Å². The summed E-state index contributed by atoms with van der Waals surface area (Å²) in [6.07, 6.45) is -1.06. The third-order valence-electron chi connectivity index (χ3n) is 6.36. The molecule has 1 unspecified atom stereocenters. The van der Waals surface area contributed by atoms with Crippen molar-refractivity contribution in [1.82, 2.24) is 15.5 Å². The molecule has 1 fully saturated rings. The van der Waals surface area contributed by atoms with Crippen LogP contribution in [0.25, 0.3) is 11.1 Å². The van der Waals surface area contributed by atoms with E-state index >= 15 is 0 Å². The van der Waals surface area contributed by atoms with Gasteiger partial charge in [-0.2, -0.15) is 0 Å². The van der Waals surface area contributed by atoms with Crippen molar-refractivity contribution < 1.29 is 28.6 Å². The molecule has 4 rings (SSSR count). The number of nitrogens with zero attached hydrogens (tertiary/aromatic N) is 1. The molecule has 3 amide bonds. The molecule has 0 radical (unpaired) electrons. The second-order valence-corrected chi connectivity index (χ2v) is 10.2. The summed E-state index contributed by atoms with van der Waals surface area (Å²) < 4.78 is 16.2. The number of rotatable bonds is 7. The minimum atomic E-state index is -0.858. The van der Waals surface area contributed by atoms with E-state index in [0.29, 0.717) is 26.3 Å². The Balaban J connectivity index is 1.38. The molecule has 1 aliphatic carbocycles. The fourth-order valence-corrected chi connectivity index (χ4v) is 4.68. The Morgan fingerprint density at radius 3 is 2.16 bits per heavy atom. The molecular weight excluding hydrogens is 474 g/mol. The van der Waals surface area contributed by atoms with Gasteiger partial charge in [-0.05, 0) is 49.4 Å². The summed E-state index contributed by atoms with van der Waals surface area (Å²) in [6.45, 7) is 7.40. The van der Waals surface area contributed by atoms with Gasteiger partial charge in [0.05, 0.1) is 13.2 Å². The van der Waals surface area contributed by atoms with E-state index in [2.05, 4.69) is 22.8 Å². The lowest BCUT2D eigenvalue weighted by Gasteiger charge is -2.30. The normalized spacial score (nSPS) is 15.8. The van der Waals surface area contributed by atoms with Gasteiger partial charge >= 0.3 is 12.2 Å². The minimum Gasteiger partial charge on any atom is -0.449 e. The van der Waals surface area contributed by atoms with Crippen molar-refractivity contribution in [2.45, 2.75) is 44.8 Å². The van der Waals surface area contributed by atoms with Crippen LogP contribution in [0.5, 0.6) is 0 Å². The van der Waals surface area contributed by atoms with Crippen LogP contribution in [0.4, 0.5) is 9.59 Å². The highest BCUT2D eigenvalue weighted by molar-refractivity contribution is 5.86. The summed E-state index contributed by atoms with van der Waals surface area (Å²) in [4.78, 5) is 39.7. The molecule has 2 aromatic carbocycles. The molecule has 2 aromatic rings. The van der Waals surface area contributed by atoms with Crippen LogP contribution in [0.3, 0.4) is 0 Å². The highest BCUT2D eigenvalue weighted by Crippen LogP contribution is 2.44. The Hall–Kier alpha value is -3.59. The van der Waals surface area contributed by atoms with Gasteiger partial charge in [0.15, 0.2) is 0 Å². The summed E-state index contributed by atoms with van der Waals surface area (Å²) in [7, 11) is 0. The Morgan fingerprint density at radius 2 is 1.57 bits per heavy atom. The van der Waals surface area contributed by atoms with Crippen LogP contribution in [0.15, 0.2) is 48.5 Å². The molecule has 9 nitrogen and oxygen atoms in total. The molecule has 2 aliphatic rings. The number of carbonyl (C=O) groups excluding carboxylic acids is 3. The van der Waals surface area contributed by atoms with Crippen LogP contribution in [0.1, 0.15) is 44.2 Å². The molecular formula is C28H35N3O6. The van der Waals surface area contributed by atoms with Crippen molar-refractivity contribution in [3.63, 3.8) is 0 Å². The van der Waals surface area contributed by atoms with Crippen molar-refractivity contribution in [2.24, 2.45) is 0 Å². The number of amides is 3. The number of alkyl carbamates (subject to hydrolysis) is 2. The van der Waals surface area contributed by atoms with Gasteiger partial charge in [-0.25, -0.2) is 9.59 Å². The van der Waals surface area contributed by atoms with Gasteiger partial charge in [-0.3, -0.25) is 4.79 Å². The summed E-state index contributed by atoms with van der Waals surface area (Å²) in [5.74, 6) is -0.317. The molecule has 0 spiro atoms. The Labute approximate surface area is 217 Å². The number of carbonyl (C=O) groups is 3. The topological polar surface area (TPSA) is 106 Å². The predicted molar refractivity (Wildman–Crippen MR) is 138 cm³/mol. The van der Waals surface area contributed by atoms with Gasteiger partial charge < -0.3 is 29.7 Å². The maximum Gasteiger partial charge on any atom is 0.407 e. The first-order valence-electron chi connectivity index (χ1n) is 12.7. The van der Waals surface area contributed by atoms with Gasteiger partial charge in [-0.1, -0.05) is 48.5 Å². The van der Waals surface area contributed by atoms with Crippen molar-refractivity contribution in [3.05, 3.63) is 59.7 Å². The van der Waals surface area contributed by atoms with Crippen LogP contribution in [0, 0.1) is 0 Å². The number of ether oxygens (including phenoxy) is 3. The average Bonchev–Trinajstić information content (AvgIpc) is 3.19. The zero-order valence-corrected chi connectivity index (χ0v) is 21.6. The molecule has 1 atom stereocenters. The molecule has 37 heavy (non-hydrogen) atoms. The van der Waals surface area contributed by atoms with Crippen LogP contribution in [0.2, 0.25) is 0 Å². The standard InChI is InChI=1S/C28H35N3O6/c1-28(2,3)37-26(33)29-13-12-24(25(32)31-14-16-35-17-15-31)30-27(34)36-18-23-21-10-6-4-8-19(21)20-9-5-7-11-22(20)23/h4-11,23-24H,12-18H2,1-3H3,(H,29,33)(H,30,34). The summed E-state index contributed by atoms with van der Waals surface area (Å²) in [5.41, 5.74) is 3.87. The molecule has 2 N–H and O–H groups in total. The van der Waals surface area contributed by atoms with Crippen molar-refractivity contribution in [1.29, 1.82) is 0 Å². The fourth-order valence-electron chi connectivity index (χ4n) is 4.68. The van der Waals surface area contributed by atoms with Gasteiger partial charge in [0.1, 0.15) is 18.2 Å². The van der Waals surface area contributed by atoms with Crippen molar-refractivity contribution in [2.75, 3.05) is 39.5 Å². The zero-order valence-electron chi connectivity index (χ0n) is 21.6. The fraction of sp³-hybridized carbons (Fsp3) is 0.464. The number of benzene rings is 2. The van der Waals surface area contributed by atoms with E-state index in [1.54, 1.807) is 25.7 Å². The first kappa shape index (κ1) is 26.5. The molecule has 0 saturated carbocycles. The Kier molecular flexibility index (Phi) is 8.33. The molecule has 1 aliphatic heterocycles. The monoisotopic (exact) mass is 509 g/mol. The van der Waals surface area contributed by atoms with Gasteiger partial charge in [0.2, 0.25) is 5.91 Å². The smallest absolute Gasteiger partial charge is 0.407 e. The Bertz CT molecular complexity index is 1080. The zero-order chi connectivity index (χ0) is 26.4. The third-order valence-corrected chi connectivity index (χ3v) is 6.36. The van der Waals surface area contributed by atoms with E-state index in [-0.39, 0.29) is 31.4 Å². The summed E-state index contributed by atoms with van der Waals surface area (Å²) in [5, 5.41) is 5.37. The van der Waals surface area contributed by atoms with Crippen molar-refractivity contribution in [3.8, 4) is 11.1 Å². The van der Waals surface area contributed by atoms with Crippen LogP contribution < -0.4 is 10.6 Å². The molecule has 0 bridgehead atoms. The quantitative estimate of drug-likeness (QED) is 0.590. The minimum absolute atomic E-state index is 0.0830. The number of hydrogen-bond acceptors (Lipinski definition) is 6. The van der Waals surface area contributed by atoms with E-state index < -0.39 is 23.8 Å². The van der Waals surface area contributed by atoms with Gasteiger partial charge in [0.25, 0.3) is 0 Å². The lowest BCUT2D eigenvalue weighted by atomic mass is 9.98. The third kappa shape index (κ3) is 6.80. The van der Waals surface area contributed by atoms with Crippen LogP contribution in [-0.4, -0.2) is 74.1 Å². The summed E-state index contributed by atoms with van der Waals surface area (Å²) in [6, 6.07) is 15.3. The average molecular weight is 510 g/mol. The second-order valence-electron chi connectivity index (χ2n) is 10.2. The van der Waals surface area contributed by atoms with E-state index in [0.717, 1.165) is 22.3 Å². The highest BCUT2D eigenvalue weighted by Gasteiger charge is 2.31. The maximum absolute atomic E-state index is 13.2.